The lowest BCUT2D eigenvalue weighted by atomic mass is 10.0. The predicted molar refractivity (Wildman–Crippen MR) is 85.6 cm³/mol. The van der Waals surface area contributed by atoms with Crippen LogP contribution in [0.1, 0.15) is 39.0 Å². The fourth-order valence-electron chi connectivity index (χ4n) is 2.95. The van der Waals surface area contributed by atoms with E-state index in [1.807, 2.05) is 0 Å². The third-order valence-corrected chi connectivity index (χ3v) is 5.79. The Kier molecular flexibility index (Phi) is 6.65. The van der Waals surface area contributed by atoms with Crippen LogP contribution in [0, 0.1) is 17.5 Å². The second-order valence-electron chi connectivity index (χ2n) is 6.06. The summed E-state index contributed by atoms with van der Waals surface area (Å²) in [5.74, 6) is -4.88. The molecular weight excluding hydrogens is 341 g/mol. The van der Waals surface area contributed by atoms with Crippen LogP contribution in [0.5, 0.6) is 0 Å². The Balaban J connectivity index is 2.07. The van der Waals surface area contributed by atoms with Gasteiger partial charge in [0, 0.05) is 12.6 Å². The molecular formula is C16H23F3N2O2S. The van der Waals surface area contributed by atoms with Crippen molar-refractivity contribution in [3.05, 3.63) is 29.6 Å². The van der Waals surface area contributed by atoms with Gasteiger partial charge in [0.2, 0.25) is 10.0 Å². The van der Waals surface area contributed by atoms with E-state index in [0.29, 0.717) is 6.07 Å². The molecule has 1 aromatic carbocycles. The zero-order valence-corrected chi connectivity index (χ0v) is 14.5. The summed E-state index contributed by atoms with van der Waals surface area (Å²) >= 11 is 0. The second-order valence-corrected chi connectivity index (χ2v) is 7.80. The molecule has 0 radical (unpaired) electrons. The van der Waals surface area contributed by atoms with Crippen LogP contribution in [-0.4, -0.2) is 39.0 Å². The van der Waals surface area contributed by atoms with E-state index in [1.165, 1.54) is 0 Å². The number of piperidine rings is 1. The zero-order chi connectivity index (χ0) is 17.7. The number of unbranched alkanes of at least 4 members (excludes halogenated alkanes) is 1. The van der Waals surface area contributed by atoms with Gasteiger partial charge in [-0.3, -0.25) is 4.90 Å². The third kappa shape index (κ3) is 4.49. The van der Waals surface area contributed by atoms with Gasteiger partial charge in [0.15, 0.2) is 17.5 Å². The first kappa shape index (κ1) is 19.2. The topological polar surface area (TPSA) is 49.4 Å². The molecule has 1 aliphatic rings. The molecule has 0 amide bonds. The Morgan fingerprint density at radius 1 is 1.21 bits per heavy atom. The van der Waals surface area contributed by atoms with Crippen molar-refractivity contribution in [2.45, 2.75) is 50.0 Å². The molecule has 0 spiro atoms. The minimum Gasteiger partial charge on any atom is -0.299 e. The Hall–Kier alpha value is -1.12. The molecule has 136 valence electrons. The summed E-state index contributed by atoms with van der Waals surface area (Å²) in [7, 11) is -4.23. The summed E-state index contributed by atoms with van der Waals surface area (Å²) in [5.41, 5.74) is 0. The fraction of sp³-hybridized carbons (Fsp3) is 0.625. The van der Waals surface area contributed by atoms with Gasteiger partial charge in [0.1, 0.15) is 4.90 Å². The van der Waals surface area contributed by atoms with E-state index < -0.39 is 32.4 Å². The largest absolute Gasteiger partial charge is 0.299 e. The molecule has 1 N–H and O–H groups in total. The minimum absolute atomic E-state index is 0.0356. The summed E-state index contributed by atoms with van der Waals surface area (Å²) in [4.78, 5) is 1.37. The summed E-state index contributed by atoms with van der Waals surface area (Å²) < 4.78 is 66.7. The van der Waals surface area contributed by atoms with E-state index in [9.17, 15) is 21.6 Å². The molecule has 1 unspecified atom stereocenters. The second kappa shape index (κ2) is 8.31. The van der Waals surface area contributed by atoms with Crippen LogP contribution >= 0.6 is 0 Å². The highest BCUT2D eigenvalue weighted by atomic mass is 32.2. The van der Waals surface area contributed by atoms with E-state index in [1.54, 1.807) is 0 Å². The van der Waals surface area contributed by atoms with Crippen molar-refractivity contribution in [3.63, 3.8) is 0 Å². The summed E-state index contributed by atoms with van der Waals surface area (Å²) in [6.07, 6.45) is 5.02. The van der Waals surface area contributed by atoms with Crippen molar-refractivity contribution in [1.29, 1.82) is 0 Å². The highest BCUT2D eigenvalue weighted by molar-refractivity contribution is 7.89. The number of benzene rings is 1. The van der Waals surface area contributed by atoms with Crippen molar-refractivity contribution in [2.75, 3.05) is 19.6 Å². The molecule has 0 aliphatic carbocycles. The van der Waals surface area contributed by atoms with Crippen molar-refractivity contribution < 1.29 is 21.6 Å². The summed E-state index contributed by atoms with van der Waals surface area (Å²) in [6, 6.07) is 1.39. The maximum atomic E-state index is 13.7. The van der Waals surface area contributed by atoms with Crippen molar-refractivity contribution in [3.8, 4) is 0 Å². The van der Waals surface area contributed by atoms with Gasteiger partial charge in [0.25, 0.3) is 0 Å². The molecule has 1 aliphatic heterocycles. The van der Waals surface area contributed by atoms with Gasteiger partial charge in [-0.25, -0.2) is 26.3 Å². The standard InChI is InChI=1S/C16H23F3N2O2S/c1-2-3-9-21-10-5-4-6-12(21)11-20-24(22,23)14-8-7-13(17)15(18)16(14)19/h7-8,12,20H,2-6,9-11H2,1H3. The number of nitrogens with zero attached hydrogens (tertiary/aromatic N) is 1. The Labute approximate surface area is 141 Å². The lowest BCUT2D eigenvalue weighted by Gasteiger charge is -2.35. The molecule has 0 bridgehead atoms. The minimum atomic E-state index is -4.23. The molecule has 0 aromatic heterocycles. The summed E-state index contributed by atoms with van der Waals surface area (Å²) in [6.45, 7) is 4.02. The monoisotopic (exact) mass is 364 g/mol. The van der Waals surface area contributed by atoms with Gasteiger partial charge in [-0.05, 0) is 44.5 Å². The maximum absolute atomic E-state index is 13.7. The van der Waals surface area contributed by atoms with Gasteiger partial charge < -0.3 is 0 Å². The number of halogens is 3. The van der Waals surface area contributed by atoms with E-state index in [0.717, 1.165) is 51.3 Å². The quantitative estimate of drug-likeness (QED) is 0.757. The molecule has 1 aromatic rings. The number of hydrogen-bond acceptors (Lipinski definition) is 3. The number of nitrogens with one attached hydrogen (secondary N) is 1. The molecule has 1 saturated heterocycles. The molecule has 8 heteroatoms. The van der Waals surface area contributed by atoms with E-state index in [2.05, 4.69) is 16.5 Å². The van der Waals surface area contributed by atoms with Crippen LogP contribution in [0.3, 0.4) is 0 Å². The smallest absolute Gasteiger partial charge is 0.243 e. The van der Waals surface area contributed by atoms with Gasteiger partial charge in [-0.1, -0.05) is 19.8 Å². The number of sulfonamides is 1. The van der Waals surface area contributed by atoms with E-state index in [-0.39, 0.29) is 12.6 Å². The number of rotatable bonds is 7. The molecule has 2 rings (SSSR count). The average Bonchev–Trinajstić information content (AvgIpc) is 2.56. The Morgan fingerprint density at radius 2 is 1.96 bits per heavy atom. The molecule has 1 fully saturated rings. The lowest BCUT2D eigenvalue weighted by molar-refractivity contribution is 0.148. The molecule has 1 heterocycles. The molecule has 0 saturated carbocycles. The normalized spacial score (nSPS) is 19.6. The number of hydrogen-bond donors (Lipinski definition) is 1. The van der Waals surface area contributed by atoms with Crippen molar-refractivity contribution >= 4 is 10.0 Å². The van der Waals surface area contributed by atoms with Gasteiger partial charge in [-0.2, -0.15) is 0 Å². The highest BCUT2D eigenvalue weighted by Crippen LogP contribution is 2.21. The van der Waals surface area contributed by atoms with Crippen LogP contribution in [-0.2, 0) is 10.0 Å². The Morgan fingerprint density at radius 3 is 2.67 bits per heavy atom. The molecule has 24 heavy (non-hydrogen) atoms. The third-order valence-electron chi connectivity index (χ3n) is 4.35. The van der Waals surface area contributed by atoms with Crippen LogP contribution in [0.4, 0.5) is 13.2 Å². The van der Waals surface area contributed by atoms with Gasteiger partial charge in [-0.15, -0.1) is 0 Å². The van der Waals surface area contributed by atoms with Crippen LogP contribution in [0.2, 0.25) is 0 Å². The first-order chi connectivity index (χ1) is 11.4. The summed E-state index contributed by atoms with van der Waals surface area (Å²) in [5, 5.41) is 0. The lowest BCUT2D eigenvalue weighted by Crippen LogP contribution is -2.47. The zero-order valence-electron chi connectivity index (χ0n) is 13.7. The van der Waals surface area contributed by atoms with Gasteiger partial charge in [0.05, 0.1) is 0 Å². The highest BCUT2D eigenvalue weighted by Gasteiger charge is 2.27. The first-order valence-corrected chi connectivity index (χ1v) is 9.72. The molecule has 4 nitrogen and oxygen atoms in total. The van der Waals surface area contributed by atoms with E-state index in [4.69, 9.17) is 0 Å². The van der Waals surface area contributed by atoms with E-state index >= 15 is 0 Å². The number of likely N-dealkylation sites (tertiary alicyclic amines) is 1. The van der Waals surface area contributed by atoms with Crippen LogP contribution < -0.4 is 4.72 Å². The molecule has 1 atom stereocenters. The van der Waals surface area contributed by atoms with Gasteiger partial charge >= 0.3 is 0 Å². The first-order valence-electron chi connectivity index (χ1n) is 8.24. The maximum Gasteiger partial charge on any atom is 0.243 e. The Bertz CT molecular complexity index is 668. The predicted octanol–water partition coefficient (Wildman–Crippen LogP) is 3.04. The fourth-order valence-corrected chi connectivity index (χ4v) is 4.09. The van der Waals surface area contributed by atoms with Crippen molar-refractivity contribution in [2.24, 2.45) is 0 Å². The van der Waals surface area contributed by atoms with Crippen molar-refractivity contribution in [1.82, 2.24) is 9.62 Å². The van der Waals surface area contributed by atoms with Crippen LogP contribution in [0.25, 0.3) is 0 Å². The SMILES string of the molecule is CCCCN1CCCCC1CNS(=O)(=O)c1ccc(F)c(F)c1F. The van der Waals surface area contributed by atoms with Crippen LogP contribution in [0.15, 0.2) is 17.0 Å². The average molecular weight is 364 g/mol.